The molecule has 2 N–H and O–H groups in total. The molecule has 2 aromatic carbocycles. The Labute approximate surface area is 193 Å². The van der Waals surface area contributed by atoms with Crippen molar-refractivity contribution in [3.05, 3.63) is 78.1 Å². The predicted molar refractivity (Wildman–Crippen MR) is 122 cm³/mol. The fourth-order valence-electron chi connectivity index (χ4n) is 2.42. The predicted octanol–water partition coefficient (Wildman–Crippen LogP) is 0.986. The van der Waals surface area contributed by atoms with Crippen LogP contribution in [0.4, 0.5) is 0 Å². The van der Waals surface area contributed by atoms with Crippen molar-refractivity contribution in [3.63, 3.8) is 0 Å². The summed E-state index contributed by atoms with van der Waals surface area (Å²) in [4.78, 5) is 32.3. The first-order valence-corrected chi connectivity index (χ1v) is 10.3. The van der Waals surface area contributed by atoms with Crippen LogP contribution in [-0.2, 0) is 14.4 Å². The topological polar surface area (TPSA) is 117 Å². The number of rotatable bonds is 11. The third kappa shape index (κ3) is 12.5. The van der Waals surface area contributed by atoms with Gasteiger partial charge < -0.3 is 29.4 Å². The van der Waals surface area contributed by atoms with E-state index >= 15 is 0 Å². The number of nitrogens with one attached hydrogen (secondary N) is 1. The molecule has 0 saturated heterocycles. The average molecular weight is 456 g/mol. The Morgan fingerprint density at radius 3 is 2.09 bits per heavy atom. The summed E-state index contributed by atoms with van der Waals surface area (Å²) in [5, 5.41) is 17.2. The highest BCUT2D eigenvalue weighted by atomic mass is 16.5. The number of carbonyl (C=O) groups is 3. The van der Waals surface area contributed by atoms with Crippen LogP contribution >= 0.6 is 0 Å². The number of para-hydroxylation sites is 2. The van der Waals surface area contributed by atoms with Crippen LogP contribution in [0.15, 0.2) is 72.5 Å². The highest BCUT2D eigenvalue weighted by molar-refractivity contribution is 5.96. The minimum absolute atomic E-state index is 0.130. The van der Waals surface area contributed by atoms with Crippen molar-refractivity contribution in [2.45, 2.75) is 13.3 Å². The van der Waals surface area contributed by atoms with Gasteiger partial charge in [0.2, 0.25) is 0 Å². The van der Waals surface area contributed by atoms with Gasteiger partial charge in [-0.1, -0.05) is 42.5 Å². The van der Waals surface area contributed by atoms with E-state index in [1.807, 2.05) is 54.6 Å². The zero-order chi connectivity index (χ0) is 24.6. The zero-order valence-corrected chi connectivity index (χ0v) is 18.9. The number of aliphatic carboxylic acids is 2. The lowest BCUT2D eigenvalue weighted by Gasteiger charge is -2.14. The van der Waals surface area contributed by atoms with E-state index < -0.39 is 11.9 Å². The van der Waals surface area contributed by atoms with Gasteiger partial charge in [-0.25, -0.2) is 4.79 Å². The Bertz CT molecular complexity index is 950. The molecule has 0 radical (unpaired) electrons. The molecule has 0 saturated carbocycles. The van der Waals surface area contributed by atoms with Crippen molar-refractivity contribution in [3.8, 4) is 11.5 Å². The molecule has 0 aliphatic rings. The van der Waals surface area contributed by atoms with Crippen molar-refractivity contribution >= 4 is 23.8 Å². The van der Waals surface area contributed by atoms with Crippen molar-refractivity contribution in [1.82, 2.24) is 0 Å². The number of carbonyl (C=O) groups excluding carboxylic acids is 2. The van der Waals surface area contributed by atoms with E-state index in [4.69, 9.17) is 14.6 Å². The van der Waals surface area contributed by atoms with Crippen molar-refractivity contribution in [1.29, 1.82) is 0 Å². The lowest BCUT2D eigenvalue weighted by atomic mass is 10.2. The minimum atomic E-state index is -1.51. The summed E-state index contributed by atoms with van der Waals surface area (Å²) in [5.41, 5.74) is 0.917. The van der Waals surface area contributed by atoms with Crippen LogP contribution < -0.4 is 19.5 Å². The van der Waals surface area contributed by atoms with E-state index in [2.05, 4.69) is 14.1 Å². The first-order chi connectivity index (χ1) is 15.7. The maximum absolute atomic E-state index is 12.0. The Morgan fingerprint density at radius 1 is 0.970 bits per heavy atom. The molecular formula is C25H29NO7. The van der Waals surface area contributed by atoms with E-state index in [-0.39, 0.29) is 5.78 Å². The summed E-state index contributed by atoms with van der Waals surface area (Å²) in [6.07, 6.45) is 3.64. The monoisotopic (exact) mass is 455 g/mol. The van der Waals surface area contributed by atoms with Gasteiger partial charge >= 0.3 is 5.97 Å². The Hall–Kier alpha value is -3.91. The molecule has 0 aromatic heterocycles. The van der Waals surface area contributed by atoms with Gasteiger partial charge in [0, 0.05) is 19.4 Å². The van der Waals surface area contributed by atoms with Gasteiger partial charge in [0.25, 0.3) is 0 Å². The van der Waals surface area contributed by atoms with Crippen LogP contribution in [0.2, 0.25) is 0 Å². The van der Waals surface area contributed by atoms with E-state index in [9.17, 15) is 19.5 Å². The van der Waals surface area contributed by atoms with Crippen LogP contribution in [0.3, 0.4) is 0 Å². The fraction of sp³-hybridized carbons (Fsp3) is 0.240. The minimum Gasteiger partial charge on any atom is -0.545 e. The lowest BCUT2D eigenvalue weighted by Crippen LogP contribution is -3.05. The molecule has 0 heterocycles. The molecule has 8 heteroatoms. The first kappa shape index (κ1) is 27.1. The summed E-state index contributed by atoms with van der Waals surface area (Å²) < 4.78 is 11.7. The number of ether oxygens (including phenoxy) is 2. The molecular weight excluding hydrogens is 426 g/mol. The molecule has 0 atom stereocenters. The van der Waals surface area contributed by atoms with Crippen LogP contribution in [0.5, 0.6) is 11.5 Å². The third-order valence-corrected chi connectivity index (χ3v) is 3.95. The van der Waals surface area contributed by atoms with Crippen molar-refractivity contribution < 1.29 is 39.0 Å². The average Bonchev–Trinajstić information content (AvgIpc) is 2.76. The van der Waals surface area contributed by atoms with Gasteiger partial charge in [-0.2, -0.15) is 0 Å². The second-order valence-corrected chi connectivity index (χ2v) is 7.17. The van der Waals surface area contributed by atoms with Crippen LogP contribution in [-0.4, -0.2) is 50.1 Å². The summed E-state index contributed by atoms with van der Waals surface area (Å²) in [7, 11) is 4.23. The molecule has 0 fully saturated rings. The molecule has 0 aliphatic carbocycles. The molecule has 0 spiro atoms. The maximum Gasteiger partial charge on any atom is 0.328 e. The number of ketones is 1. The van der Waals surface area contributed by atoms with Crippen LogP contribution in [0.1, 0.15) is 18.9 Å². The molecule has 0 unspecified atom stereocenters. The standard InChI is InChI=1S/C21H25NO3.C4H4O4/c1-17(23)21(16-18-10-5-4-6-11-18)25-20-13-8-7-12-19(20)24-15-9-14-22(2)3;5-3(6)1-2-4(7)8/h4-8,10-13,16H,9,14-15H2,1-3H3;1-2H,(H,5,6)(H,7,8)/b21-16-;2-1-. The number of carboxylic acids is 2. The summed E-state index contributed by atoms with van der Waals surface area (Å²) >= 11 is 0. The number of allylic oxidation sites excluding steroid dienone is 1. The van der Waals surface area contributed by atoms with Gasteiger partial charge in [0.15, 0.2) is 23.0 Å². The van der Waals surface area contributed by atoms with E-state index in [0.717, 1.165) is 18.5 Å². The molecule has 2 aromatic rings. The summed E-state index contributed by atoms with van der Waals surface area (Å²) in [6.45, 7) is 3.15. The normalized spacial score (nSPS) is 11.0. The third-order valence-electron chi connectivity index (χ3n) is 3.95. The van der Waals surface area contributed by atoms with Gasteiger partial charge in [0.1, 0.15) is 0 Å². The van der Waals surface area contributed by atoms with Gasteiger partial charge in [0.05, 0.1) is 33.2 Å². The zero-order valence-electron chi connectivity index (χ0n) is 18.9. The Morgan fingerprint density at radius 2 is 1.58 bits per heavy atom. The number of Topliss-reactive ketones (excluding diaryl/α,β-unsaturated/α-hetero) is 1. The number of carboxylic acid groups (broad SMARTS) is 2. The van der Waals surface area contributed by atoms with Gasteiger partial charge in [-0.15, -0.1) is 0 Å². The maximum atomic E-state index is 12.0. The molecule has 0 amide bonds. The summed E-state index contributed by atoms with van der Waals surface area (Å²) in [6, 6.07) is 17.1. The number of benzene rings is 2. The molecule has 2 rings (SSSR count). The van der Waals surface area contributed by atoms with Crippen molar-refractivity contribution in [2.24, 2.45) is 0 Å². The molecule has 33 heavy (non-hydrogen) atoms. The Balaban J connectivity index is 0.000000582. The highest BCUT2D eigenvalue weighted by Gasteiger charge is 2.11. The van der Waals surface area contributed by atoms with E-state index in [0.29, 0.717) is 36.0 Å². The van der Waals surface area contributed by atoms with E-state index in [1.54, 1.807) is 6.08 Å². The molecule has 0 bridgehead atoms. The Kier molecular flexibility index (Phi) is 12.3. The smallest absolute Gasteiger partial charge is 0.328 e. The number of hydrogen-bond donors (Lipinski definition) is 2. The fourth-order valence-corrected chi connectivity index (χ4v) is 2.42. The number of hydrogen-bond acceptors (Lipinski definition) is 6. The quantitative estimate of drug-likeness (QED) is 0.295. The molecule has 8 nitrogen and oxygen atoms in total. The SMILES string of the molecule is CC(=O)/C(=C/c1ccccc1)Oc1ccccc1OCCC[NH+](C)C.O=C([O-])/C=C\C(=O)O. The van der Waals surface area contributed by atoms with E-state index in [1.165, 1.54) is 11.8 Å². The molecule has 0 aliphatic heterocycles. The van der Waals surface area contributed by atoms with Crippen LogP contribution in [0, 0.1) is 0 Å². The highest BCUT2D eigenvalue weighted by Crippen LogP contribution is 2.29. The number of quaternary nitrogens is 1. The van der Waals surface area contributed by atoms with Gasteiger partial charge in [-0.3, -0.25) is 4.79 Å². The largest absolute Gasteiger partial charge is 0.545 e. The van der Waals surface area contributed by atoms with Crippen LogP contribution in [0.25, 0.3) is 6.08 Å². The second-order valence-electron chi connectivity index (χ2n) is 7.17. The molecule has 176 valence electrons. The summed E-state index contributed by atoms with van der Waals surface area (Å²) in [5.74, 6) is -1.44. The first-order valence-electron chi connectivity index (χ1n) is 10.3. The second kappa shape index (κ2) is 15.0. The lowest BCUT2D eigenvalue weighted by molar-refractivity contribution is -0.858. The van der Waals surface area contributed by atoms with Crippen molar-refractivity contribution in [2.75, 3.05) is 27.2 Å². The van der Waals surface area contributed by atoms with Gasteiger partial charge in [-0.05, 0) is 29.8 Å².